The van der Waals surface area contributed by atoms with E-state index < -0.39 is 17.3 Å². The van der Waals surface area contributed by atoms with Gasteiger partial charge in [-0.3, -0.25) is 19.2 Å². The lowest BCUT2D eigenvalue weighted by molar-refractivity contribution is -0.133. The van der Waals surface area contributed by atoms with Gasteiger partial charge < -0.3 is 48.3 Å². The van der Waals surface area contributed by atoms with Crippen LogP contribution in [0.25, 0.3) is 0 Å². The minimum Gasteiger partial charge on any atom is -0.356 e. The minimum atomic E-state index is -0.846. The number of nitrogens with one attached hydrogen (secondary N) is 8. The Morgan fingerprint density at radius 1 is 0.875 bits per heavy atom. The average molecular weight is 698 g/mol. The Labute approximate surface area is 291 Å². The highest BCUT2D eigenvalue weighted by atomic mass is 32.2. The third-order valence-electron chi connectivity index (χ3n) is 8.70. The zero-order valence-corrected chi connectivity index (χ0v) is 30.6. The molecule has 0 aromatic carbocycles. The van der Waals surface area contributed by atoms with Gasteiger partial charge in [0.15, 0.2) is 0 Å². The van der Waals surface area contributed by atoms with Gasteiger partial charge in [-0.25, -0.2) is 4.79 Å². The molecule has 0 aromatic rings. The van der Waals surface area contributed by atoms with Crippen LogP contribution in [0.5, 0.6) is 0 Å². The van der Waals surface area contributed by atoms with Crippen molar-refractivity contribution in [2.24, 2.45) is 23.0 Å². The smallest absolute Gasteiger partial charge is 0.315 e. The second-order valence-electron chi connectivity index (χ2n) is 14.0. The summed E-state index contributed by atoms with van der Waals surface area (Å²) < 4.78 is 0. The molecule has 5 atom stereocenters. The maximum atomic E-state index is 13.3. The van der Waals surface area contributed by atoms with Crippen molar-refractivity contribution in [2.45, 2.75) is 103 Å². The predicted octanol–water partition coefficient (Wildman–Crippen LogP) is 0.172. The van der Waals surface area contributed by atoms with Crippen LogP contribution in [0.4, 0.5) is 4.79 Å². The largest absolute Gasteiger partial charge is 0.356 e. The van der Waals surface area contributed by atoms with Crippen LogP contribution in [0.1, 0.15) is 79.6 Å². The highest BCUT2D eigenvalue weighted by molar-refractivity contribution is 8.00. The number of fused-ring (bicyclic) bond motifs is 1. The van der Waals surface area contributed by atoms with Crippen molar-refractivity contribution in [1.29, 1.82) is 0 Å². The number of rotatable bonds is 25. The Morgan fingerprint density at radius 2 is 1.56 bits per heavy atom. The van der Waals surface area contributed by atoms with Crippen molar-refractivity contribution in [2.75, 3.05) is 58.1 Å². The molecule has 2 fully saturated rings. The minimum absolute atomic E-state index is 0.00242. The van der Waals surface area contributed by atoms with Gasteiger partial charge in [-0.1, -0.05) is 27.2 Å². The molecule has 6 amide bonds. The third kappa shape index (κ3) is 15.7. The van der Waals surface area contributed by atoms with Gasteiger partial charge in [0.1, 0.15) is 0 Å². The van der Waals surface area contributed by atoms with Crippen LogP contribution >= 0.6 is 11.8 Å². The van der Waals surface area contributed by atoms with E-state index in [2.05, 4.69) is 42.5 Å². The quantitative estimate of drug-likeness (QED) is 0.0470. The average Bonchev–Trinajstić information content (AvgIpc) is 3.58. The maximum Gasteiger partial charge on any atom is 0.315 e. The van der Waals surface area contributed by atoms with E-state index in [4.69, 9.17) is 5.73 Å². The first-order valence-corrected chi connectivity index (χ1v) is 18.8. The number of thioether (sulfide) groups is 1. The van der Waals surface area contributed by atoms with E-state index in [-0.39, 0.29) is 47.8 Å². The van der Waals surface area contributed by atoms with Crippen molar-refractivity contribution in [1.82, 2.24) is 42.5 Å². The molecule has 2 saturated heterocycles. The summed E-state index contributed by atoms with van der Waals surface area (Å²) in [5.74, 6) is -0.428. The van der Waals surface area contributed by atoms with E-state index in [0.717, 1.165) is 44.6 Å². The highest BCUT2D eigenvalue weighted by Gasteiger charge is 2.42. The lowest BCUT2D eigenvalue weighted by Crippen LogP contribution is -2.44. The van der Waals surface area contributed by atoms with Crippen molar-refractivity contribution in [3.8, 4) is 0 Å². The Bertz CT molecular complexity index is 1030. The number of nitrogens with two attached hydrogens (primary N) is 1. The van der Waals surface area contributed by atoms with Crippen molar-refractivity contribution in [3.05, 3.63) is 0 Å². The predicted molar refractivity (Wildman–Crippen MR) is 191 cm³/mol. The number of amides is 6. The molecule has 2 rings (SSSR count). The zero-order chi connectivity index (χ0) is 35.5. The third-order valence-corrected chi connectivity index (χ3v) is 10.2. The van der Waals surface area contributed by atoms with Gasteiger partial charge in [-0.2, -0.15) is 11.8 Å². The van der Waals surface area contributed by atoms with Gasteiger partial charge in [-0.05, 0) is 46.0 Å². The van der Waals surface area contributed by atoms with Crippen LogP contribution in [0.2, 0.25) is 0 Å². The standard InChI is InChI=1S/C33H63N9O5S/c1-22(2)40-29(44)23(3)19-24(30(45)38-18-17-36-16-15-35-14-11-34)20-33(4,5)31(46)39-13-8-12-37-27(43)10-7-6-9-26-28-25(21-48-26)41-32(47)42-28/h22-26,28,35-36H,6-21,34H2,1-5H3,(H,37,43)(H,38,45)(H,39,46)(H,40,44)(H2,41,42,47)/t23?,24?,25-,26?,28-/m1/s1. The molecule has 0 bridgehead atoms. The van der Waals surface area contributed by atoms with E-state index >= 15 is 0 Å². The second kappa shape index (κ2) is 22.2. The highest BCUT2D eigenvalue weighted by Crippen LogP contribution is 2.33. The van der Waals surface area contributed by atoms with E-state index in [1.807, 2.05) is 46.4 Å². The molecule has 48 heavy (non-hydrogen) atoms. The number of hydrogen-bond acceptors (Lipinski definition) is 9. The molecule has 14 nitrogen and oxygen atoms in total. The van der Waals surface area contributed by atoms with Crippen molar-refractivity contribution >= 4 is 41.4 Å². The molecule has 0 aromatic heterocycles. The number of carbonyl (C=O) groups excluding carboxylic acids is 5. The molecule has 0 aliphatic carbocycles. The monoisotopic (exact) mass is 697 g/mol. The fraction of sp³-hybridized carbons (Fsp3) is 0.848. The van der Waals surface area contributed by atoms with Crippen LogP contribution < -0.4 is 48.3 Å². The molecule has 10 N–H and O–H groups in total. The summed E-state index contributed by atoms with van der Waals surface area (Å²) in [5.41, 5.74) is 4.63. The van der Waals surface area contributed by atoms with Crippen molar-refractivity contribution < 1.29 is 24.0 Å². The summed E-state index contributed by atoms with van der Waals surface area (Å²) in [4.78, 5) is 63.0. The van der Waals surface area contributed by atoms with E-state index in [1.54, 1.807) is 0 Å². The summed E-state index contributed by atoms with van der Waals surface area (Å²) in [6.45, 7) is 14.0. The van der Waals surface area contributed by atoms with E-state index in [1.165, 1.54) is 0 Å². The maximum absolute atomic E-state index is 13.3. The molecule has 3 unspecified atom stereocenters. The molecule has 2 aliphatic heterocycles. The first kappa shape index (κ1) is 41.6. The fourth-order valence-corrected chi connectivity index (χ4v) is 7.56. The summed E-state index contributed by atoms with van der Waals surface area (Å²) in [7, 11) is 0. The van der Waals surface area contributed by atoms with Crippen LogP contribution in [0.15, 0.2) is 0 Å². The van der Waals surface area contributed by atoms with Crippen LogP contribution in [-0.4, -0.2) is 111 Å². The first-order chi connectivity index (χ1) is 22.8. The summed E-state index contributed by atoms with van der Waals surface area (Å²) in [5, 5.41) is 24.6. The molecule has 0 saturated carbocycles. The lowest BCUT2D eigenvalue weighted by Gasteiger charge is -2.29. The number of carbonyl (C=O) groups is 5. The molecule has 2 heterocycles. The van der Waals surface area contributed by atoms with Crippen LogP contribution in [-0.2, 0) is 19.2 Å². The molecular weight excluding hydrogens is 634 g/mol. The Balaban J connectivity index is 1.71. The second-order valence-corrected chi connectivity index (χ2v) is 15.3. The van der Waals surface area contributed by atoms with Crippen molar-refractivity contribution in [3.63, 3.8) is 0 Å². The van der Waals surface area contributed by atoms with Gasteiger partial charge in [0.2, 0.25) is 23.6 Å². The van der Waals surface area contributed by atoms with Gasteiger partial charge in [0, 0.05) is 93.1 Å². The van der Waals surface area contributed by atoms with Gasteiger partial charge >= 0.3 is 6.03 Å². The van der Waals surface area contributed by atoms with Crippen LogP contribution in [0.3, 0.4) is 0 Å². The molecule has 276 valence electrons. The first-order valence-electron chi connectivity index (χ1n) is 17.8. The lowest BCUT2D eigenvalue weighted by atomic mass is 9.78. The molecule has 15 heteroatoms. The summed E-state index contributed by atoms with van der Waals surface area (Å²) in [6.07, 6.45) is 4.36. The Hall–Kier alpha value is -2.62. The van der Waals surface area contributed by atoms with E-state index in [0.29, 0.717) is 63.7 Å². The SMILES string of the molecule is CC(C)NC(=O)C(C)CC(CC(C)(C)C(=O)NCCCNC(=O)CCCCC1SC[C@H]2NC(=O)N[C@@H]12)C(=O)NCCNCCNCCN. The topological polar surface area (TPSA) is 208 Å². The molecular formula is C33H63N9O5S. The molecule has 0 spiro atoms. The summed E-state index contributed by atoms with van der Waals surface area (Å²) in [6, 6.07) is 0.315. The summed E-state index contributed by atoms with van der Waals surface area (Å²) >= 11 is 1.88. The number of unbranched alkanes of at least 4 members (excludes halogenated alkanes) is 1. The molecule has 2 aliphatic rings. The number of urea groups is 1. The van der Waals surface area contributed by atoms with Gasteiger partial charge in [0.25, 0.3) is 0 Å². The van der Waals surface area contributed by atoms with Gasteiger partial charge in [-0.15, -0.1) is 0 Å². The zero-order valence-electron chi connectivity index (χ0n) is 29.8. The number of hydrogen-bond donors (Lipinski definition) is 9. The Kier molecular flexibility index (Phi) is 19.2. The van der Waals surface area contributed by atoms with Crippen LogP contribution in [0, 0.1) is 17.3 Å². The van der Waals surface area contributed by atoms with Gasteiger partial charge in [0.05, 0.1) is 12.1 Å². The normalized spacial score (nSPS) is 20.0. The molecule has 0 radical (unpaired) electrons. The Morgan fingerprint density at radius 3 is 2.27 bits per heavy atom. The van der Waals surface area contributed by atoms with E-state index in [9.17, 15) is 24.0 Å². The fourth-order valence-electron chi connectivity index (χ4n) is 6.02.